The molecular formula is C13H16ClN3S. The monoisotopic (exact) mass is 281 g/mol. The second-order valence-corrected chi connectivity index (χ2v) is 5.99. The van der Waals surface area contributed by atoms with Crippen molar-refractivity contribution in [3.05, 3.63) is 33.8 Å². The standard InChI is InChI=1S/C13H16ClN3S/c1-8(2)15-7-12-16-17-13(18-12)10-5-4-9(3)6-11(10)14/h4-6,8,15H,7H2,1-3H3. The lowest BCUT2D eigenvalue weighted by atomic mass is 10.2. The molecule has 0 aliphatic rings. The molecule has 96 valence electrons. The highest BCUT2D eigenvalue weighted by molar-refractivity contribution is 7.14. The van der Waals surface area contributed by atoms with Crippen LogP contribution in [0.1, 0.15) is 24.4 Å². The molecule has 1 aromatic heterocycles. The molecule has 3 nitrogen and oxygen atoms in total. The second kappa shape index (κ2) is 5.78. The molecular weight excluding hydrogens is 266 g/mol. The van der Waals surface area contributed by atoms with E-state index in [4.69, 9.17) is 11.6 Å². The Kier molecular flexibility index (Phi) is 4.32. The third-order valence-electron chi connectivity index (χ3n) is 2.48. The van der Waals surface area contributed by atoms with Gasteiger partial charge in [0.15, 0.2) is 0 Å². The number of aromatic nitrogens is 2. The Morgan fingerprint density at radius 1 is 1.33 bits per heavy atom. The van der Waals surface area contributed by atoms with Gasteiger partial charge in [0, 0.05) is 18.2 Å². The van der Waals surface area contributed by atoms with Gasteiger partial charge in [-0.25, -0.2) is 0 Å². The van der Waals surface area contributed by atoms with Gasteiger partial charge in [0.2, 0.25) is 0 Å². The van der Waals surface area contributed by atoms with Crippen molar-refractivity contribution in [2.45, 2.75) is 33.4 Å². The Labute approximate surface area is 116 Å². The fraction of sp³-hybridized carbons (Fsp3) is 0.385. The predicted molar refractivity (Wildman–Crippen MR) is 77.1 cm³/mol. The fourth-order valence-corrected chi connectivity index (χ4v) is 2.73. The van der Waals surface area contributed by atoms with Crippen LogP contribution in [0.25, 0.3) is 10.6 Å². The summed E-state index contributed by atoms with van der Waals surface area (Å²) in [7, 11) is 0. The van der Waals surface area contributed by atoms with Crippen molar-refractivity contribution >= 4 is 22.9 Å². The van der Waals surface area contributed by atoms with Gasteiger partial charge in [0.1, 0.15) is 10.0 Å². The topological polar surface area (TPSA) is 37.8 Å². The molecule has 0 bridgehead atoms. The highest BCUT2D eigenvalue weighted by Crippen LogP contribution is 2.30. The van der Waals surface area contributed by atoms with E-state index in [9.17, 15) is 0 Å². The Balaban J connectivity index is 2.18. The van der Waals surface area contributed by atoms with E-state index >= 15 is 0 Å². The molecule has 1 heterocycles. The Morgan fingerprint density at radius 3 is 2.78 bits per heavy atom. The fourth-order valence-electron chi connectivity index (χ4n) is 1.52. The summed E-state index contributed by atoms with van der Waals surface area (Å²) in [6.07, 6.45) is 0. The highest BCUT2D eigenvalue weighted by Gasteiger charge is 2.10. The molecule has 18 heavy (non-hydrogen) atoms. The van der Waals surface area contributed by atoms with E-state index < -0.39 is 0 Å². The van der Waals surface area contributed by atoms with Crippen LogP contribution < -0.4 is 5.32 Å². The summed E-state index contributed by atoms with van der Waals surface area (Å²) in [5.41, 5.74) is 2.10. The van der Waals surface area contributed by atoms with Gasteiger partial charge in [0.25, 0.3) is 0 Å². The second-order valence-electron chi connectivity index (χ2n) is 4.52. The summed E-state index contributed by atoms with van der Waals surface area (Å²) < 4.78 is 0. The van der Waals surface area contributed by atoms with Crippen LogP contribution in [0.5, 0.6) is 0 Å². The van der Waals surface area contributed by atoms with Crippen LogP contribution in [0.3, 0.4) is 0 Å². The average molecular weight is 282 g/mol. The molecule has 5 heteroatoms. The maximum Gasteiger partial charge on any atom is 0.149 e. The van der Waals surface area contributed by atoms with E-state index in [-0.39, 0.29) is 0 Å². The molecule has 2 aromatic rings. The Hall–Kier alpha value is -0.970. The molecule has 1 N–H and O–H groups in total. The molecule has 0 spiro atoms. The zero-order chi connectivity index (χ0) is 13.1. The zero-order valence-electron chi connectivity index (χ0n) is 10.7. The van der Waals surface area contributed by atoms with Crippen LogP contribution in [0.4, 0.5) is 0 Å². The van der Waals surface area contributed by atoms with E-state index in [2.05, 4.69) is 29.4 Å². The first-order valence-corrected chi connectivity index (χ1v) is 7.08. The molecule has 0 amide bonds. The normalized spacial score (nSPS) is 11.2. The van der Waals surface area contributed by atoms with Crippen LogP contribution >= 0.6 is 22.9 Å². The van der Waals surface area contributed by atoms with Gasteiger partial charge in [-0.2, -0.15) is 0 Å². The lowest BCUT2D eigenvalue weighted by molar-refractivity contribution is 0.585. The van der Waals surface area contributed by atoms with Crippen molar-refractivity contribution in [1.82, 2.24) is 15.5 Å². The summed E-state index contributed by atoms with van der Waals surface area (Å²) in [4.78, 5) is 0. The molecule has 0 atom stereocenters. The first kappa shape index (κ1) is 13.5. The van der Waals surface area contributed by atoms with Gasteiger partial charge in [-0.15, -0.1) is 10.2 Å². The third-order valence-corrected chi connectivity index (χ3v) is 3.75. The minimum absolute atomic E-state index is 0.445. The minimum Gasteiger partial charge on any atom is -0.308 e. The maximum atomic E-state index is 6.22. The quantitative estimate of drug-likeness (QED) is 0.929. The molecule has 0 unspecified atom stereocenters. The van der Waals surface area contributed by atoms with Gasteiger partial charge < -0.3 is 5.32 Å². The summed E-state index contributed by atoms with van der Waals surface area (Å²) in [5.74, 6) is 0. The molecule has 0 fully saturated rings. The summed E-state index contributed by atoms with van der Waals surface area (Å²) >= 11 is 7.80. The largest absolute Gasteiger partial charge is 0.308 e. The zero-order valence-corrected chi connectivity index (χ0v) is 12.3. The predicted octanol–water partition coefficient (Wildman–Crippen LogP) is 3.66. The number of hydrogen-bond donors (Lipinski definition) is 1. The number of rotatable bonds is 4. The number of hydrogen-bond acceptors (Lipinski definition) is 4. The lowest BCUT2D eigenvalue weighted by Crippen LogP contribution is -2.21. The molecule has 0 saturated carbocycles. The van der Waals surface area contributed by atoms with Crippen LogP contribution in [0.2, 0.25) is 5.02 Å². The van der Waals surface area contributed by atoms with Gasteiger partial charge >= 0.3 is 0 Å². The number of nitrogens with one attached hydrogen (secondary N) is 1. The smallest absolute Gasteiger partial charge is 0.149 e. The summed E-state index contributed by atoms with van der Waals surface area (Å²) in [5, 5.41) is 14.3. The van der Waals surface area contributed by atoms with Crippen LogP contribution in [-0.2, 0) is 6.54 Å². The highest BCUT2D eigenvalue weighted by atomic mass is 35.5. The van der Waals surface area contributed by atoms with Crippen molar-refractivity contribution in [2.75, 3.05) is 0 Å². The molecule has 0 radical (unpaired) electrons. The van der Waals surface area contributed by atoms with E-state index in [1.54, 1.807) is 11.3 Å². The van der Waals surface area contributed by atoms with E-state index in [1.807, 2.05) is 25.1 Å². The van der Waals surface area contributed by atoms with E-state index in [0.717, 1.165) is 32.7 Å². The minimum atomic E-state index is 0.445. The SMILES string of the molecule is Cc1ccc(-c2nnc(CNC(C)C)s2)c(Cl)c1. The average Bonchev–Trinajstić information content (AvgIpc) is 2.75. The van der Waals surface area contributed by atoms with Crippen molar-refractivity contribution in [3.63, 3.8) is 0 Å². The van der Waals surface area contributed by atoms with Crippen LogP contribution in [-0.4, -0.2) is 16.2 Å². The molecule has 0 aliphatic carbocycles. The van der Waals surface area contributed by atoms with Gasteiger partial charge in [-0.1, -0.05) is 48.9 Å². The van der Waals surface area contributed by atoms with E-state index in [1.165, 1.54) is 0 Å². The number of nitrogens with zero attached hydrogens (tertiary/aromatic N) is 2. The maximum absolute atomic E-state index is 6.22. The lowest BCUT2D eigenvalue weighted by Gasteiger charge is -2.03. The van der Waals surface area contributed by atoms with Crippen molar-refractivity contribution in [2.24, 2.45) is 0 Å². The number of halogens is 1. The Bertz CT molecular complexity index is 537. The summed E-state index contributed by atoms with van der Waals surface area (Å²) in [6, 6.07) is 6.43. The number of benzene rings is 1. The van der Waals surface area contributed by atoms with Gasteiger partial charge in [-0.3, -0.25) is 0 Å². The van der Waals surface area contributed by atoms with Crippen molar-refractivity contribution < 1.29 is 0 Å². The first-order valence-electron chi connectivity index (χ1n) is 5.88. The van der Waals surface area contributed by atoms with Gasteiger partial charge in [0.05, 0.1) is 5.02 Å². The van der Waals surface area contributed by atoms with E-state index in [0.29, 0.717) is 6.04 Å². The van der Waals surface area contributed by atoms with Crippen molar-refractivity contribution in [3.8, 4) is 10.6 Å². The molecule has 1 aromatic carbocycles. The van der Waals surface area contributed by atoms with Crippen molar-refractivity contribution in [1.29, 1.82) is 0 Å². The van der Waals surface area contributed by atoms with Crippen LogP contribution in [0, 0.1) is 6.92 Å². The third kappa shape index (κ3) is 3.28. The molecule has 0 aliphatic heterocycles. The molecule has 0 saturated heterocycles. The first-order chi connectivity index (χ1) is 8.56. The Morgan fingerprint density at radius 2 is 2.11 bits per heavy atom. The van der Waals surface area contributed by atoms with Crippen LogP contribution in [0.15, 0.2) is 18.2 Å². The summed E-state index contributed by atoms with van der Waals surface area (Å²) in [6.45, 7) is 6.99. The van der Waals surface area contributed by atoms with Gasteiger partial charge in [-0.05, 0) is 18.6 Å². The number of aryl methyl sites for hydroxylation is 1. The molecule has 2 rings (SSSR count).